The number of rotatable bonds is 5. The van der Waals surface area contributed by atoms with Gasteiger partial charge in [0.2, 0.25) is 0 Å². The van der Waals surface area contributed by atoms with Crippen molar-refractivity contribution in [2.75, 3.05) is 13.2 Å². The minimum atomic E-state index is -0.213. The average Bonchev–Trinajstić information content (AvgIpc) is 2.24. The van der Waals surface area contributed by atoms with Gasteiger partial charge in [0, 0.05) is 6.61 Å². The lowest BCUT2D eigenvalue weighted by Crippen LogP contribution is -2.22. The van der Waals surface area contributed by atoms with Crippen LogP contribution in [0.2, 0.25) is 0 Å². The van der Waals surface area contributed by atoms with Gasteiger partial charge < -0.3 is 10.5 Å². The monoisotopic (exact) mass is 239 g/mol. The van der Waals surface area contributed by atoms with E-state index in [9.17, 15) is 4.39 Å². The molecule has 0 bridgehead atoms. The van der Waals surface area contributed by atoms with Crippen LogP contribution in [0.25, 0.3) is 0 Å². The number of ether oxygens (including phenoxy) is 1. The molecule has 1 unspecified atom stereocenters. The quantitative estimate of drug-likeness (QED) is 0.857. The van der Waals surface area contributed by atoms with Crippen LogP contribution in [0.1, 0.15) is 38.7 Å². The van der Waals surface area contributed by atoms with E-state index >= 15 is 0 Å². The molecular weight excluding hydrogens is 217 g/mol. The molecule has 1 aromatic rings. The molecule has 0 amide bonds. The SMILES string of the molecule is CC(C)(C)OCCC(CN)c1ccc(F)cc1. The first-order valence-corrected chi connectivity index (χ1v) is 6.02. The van der Waals surface area contributed by atoms with E-state index in [-0.39, 0.29) is 17.3 Å². The van der Waals surface area contributed by atoms with Gasteiger partial charge in [0.15, 0.2) is 0 Å². The predicted octanol–water partition coefficient (Wildman–Crippen LogP) is 3.07. The number of halogens is 1. The summed E-state index contributed by atoms with van der Waals surface area (Å²) in [6.07, 6.45) is 0.861. The second-order valence-corrected chi connectivity index (χ2v) is 5.23. The Morgan fingerprint density at radius 3 is 2.29 bits per heavy atom. The van der Waals surface area contributed by atoms with E-state index in [2.05, 4.69) is 0 Å². The van der Waals surface area contributed by atoms with E-state index in [4.69, 9.17) is 10.5 Å². The van der Waals surface area contributed by atoms with E-state index in [1.807, 2.05) is 20.8 Å². The van der Waals surface area contributed by atoms with Crippen LogP contribution in [0.3, 0.4) is 0 Å². The maximum absolute atomic E-state index is 12.8. The topological polar surface area (TPSA) is 35.2 Å². The lowest BCUT2D eigenvalue weighted by Gasteiger charge is -2.22. The van der Waals surface area contributed by atoms with Gasteiger partial charge in [-0.25, -0.2) is 4.39 Å². The first-order valence-electron chi connectivity index (χ1n) is 6.02. The molecule has 0 radical (unpaired) electrons. The summed E-state index contributed by atoms with van der Waals surface area (Å²) < 4.78 is 18.5. The summed E-state index contributed by atoms with van der Waals surface area (Å²) >= 11 is 0. The van der Waals surface area contributed by atoms with Crippen molar-refractivity contribution in [3.8, 4) is 0 Å². The van der Waals surface area contributed by atoms with E-state index in [0.29, 0.717) is 13.2 Å². The van der Waals surface area contributed by atoms with Crippen molar-refractivity contribution in [2.45, 2.75) is 38.7 Å². The molecule has 1 rings (SSSR count). The fourth-order valence-corrected chi connectivity index (χ4v) is 1.66. The summed E-state index contributed by atoms with van der Waals surface area (Å²) in [5.41, 5.74) is 6.70. The Morgan fingerprint density at radius 2 is 1.82 bits per heavy atom. The van der Waals surface area contributed by atoms with Crippen LogP contribution in [-0.2, 0) is 4.74 Å². The Hall–Kier alpha value is -0.930. The van der Waals surface area contributed by atoms with Gasteiger partial charge in [0.05, 0.1) is 5.60 Å². The zero-order chi connectivity index (χ0) is 12.9. The normalized spacial score (nSPS) is 13.7. The molecule has 0 fully saturated rings. The van der Waals surface area contributed by atoms with Crippen molar-refractivity contribution in [1.29, 1.82) is 0 Å². The van der Waals surface area contributed by atoms with Crippen LogP contribution in [0.5, 0.6) is 0 Å². The fourth-order valence-electron chi connectivity index (χ4n) is 1.66. The third kappa shape index (κ3) is 5.29. The first kappa shape index (κ1) is 14.1. The minimum absolute atomic E-state index is 0.123. The summed E-state index contributed by atoms with van der Waals surface area (Å²) in [7, 11) is 0. The highest BCUT2D eigenvalue weighted by Crippen LogP contribution is 2.20. The Bertz CT molecular complexity index is 329. The van der Waals surface area contributed by atoms with Gasteiger partial charge in [0.1, 0.15) is 5.82 Å². The summed E-state index contributed by atoms with van der Waals surface area (Å²) in [6, 6.07) is 6.54. The lowest BCUT2D eigenvalue weighted by atomic mass is 9.96. The van der Waals surface area contributed by atoms with Crippen LogP contribution in [0.4, 0.5) is 4.39 Å². The van der Waals surface area contributed by atoms with Crippen LogP contribution < -0.4 is 5.73 Å². The summed E-state index contributed by atoms with van der Waals surface area (Å²) in [5.74, 6) is 0.0217. The zero-order valence-electron chi connectivity index (χ0n) is 10.9. The molecular formula is C14H22FNO. The van der Waals surface area contributed by atoms with Crippen LogP contribution in [0, 0.1) is 5.82 Å². The van der Waals surface area contributed by atoms with Gasteiger partial charge in [0.25, 0.3) is 0 Å². The maximum atomic E-state index is 12.8. The number of nitrogens with two attached hydrogens (primary N) is 1. The van der Waals surface area contributed by atoms with Gasteiger partial charge in [-0.1, -0.05) is 12.1 Å². The highest BCUT2D eigenvalue weighted by Gasteiger charge is 2.13. The van der Waals surface area contributed by atoms with Gasteiger partial charge >= 0.3 is 0 Å². The van der Waals surface area contributed by atoms with Crippen molar-refractivity contribution < 1.29 is 9.13 Å². The molecule has 1 atom stereocenters. The molecule has 0 saturated heterocycles. The van der Waals surface area contributed by atoms with Crippen molar-refractivity contribution in [3.63, 3.8) is 0 Å². The second-order valence-electron chi connectivity index (χ2n) is 5.23. The average molecular weight is 239 g/mol. The second kappa shape index (κ2) is 6.12. The lowest BCUT2D eigenvalue weighted by molar-refractivity contribution is -0.00601. The zero-order valence-corrected chi connectivity index (χ0v) is 10.9. The number of hydrogen-bond acceptors (Lipinski definition) is 2. The fraction of sp³-hybridized carbons (Fsp3) is 0.571. The van der Waals surface area contributed by atoms with Gasteiger partial charge in [-0.3, -0.25) is 0 Å². The van der Waals surface area contributed by atoms with E-state index in [1.165, 1.54) is 12.1 Å². The van der Waals surface area contributed by atoms with Crippen LogP contribution in [-0.4, -0.2) is 18.8 Å². The molecule has 0 heterocycles. The molecule has 0 aromatic heterocycles. The molecule has 2 nitrogen and oxygen atoms in total. The van der Waals surface area contributed by atoms with Crippen LogP contribution >= 0.6 is 0 Å². The molecule has 1 aromatic carbocycles. The standard InChI is InChI=1S/C14H22FNO/c1-14(2,3)17-9-8-12(10-16)11-4-6-13(15)7-5-11/h4-7,12H,8-10,16H2,1-3H3. The van der Waals surface area contributed by atoms with Gasteiger partial charge in [-0.2, -0.15) is 0 Å². The van der Waals surface area contributed by atoms with E-state index < -0.39 is 0 Å². The smallest absolute Gasteiger partial charge is 0.123 e. The Balaban J connectivity index is 2.51. The number of hydrogen-bond donors (Lipinski definition) is 1. The van der Waals surface area contributed by atoms with Crippen molar-refractivity contribution in [1.82, 2.24) is 0 Å². The predicted molar refractivity (Wildman–Crippen MR) is 68.5 cm³/mol. The summed E-state index contributed by atoms with van der Waals surface area (Å²) in [6.45, 7) is 7.31. The summed E-state index contributed by atoms with van der Waals surface area (Å²) in [5, 5.41) is 0. The third-order valence-electron chi connectivity index (χ3n) is 2.63. The van der Waals surface area contributed by atoms with Gasteiger partial charge in [-0.05, 0) is 57.4 Å². The highest BCUT2D eigenvalue weighted by molar-refractivity contribution is 5.20. The van der Waals surface area contributed by atoms with Crippen molar-refractivity contribution >= 4 is 0 Å². The van der Waals surface area contributed by atoms with Gasteiger partial charge in [-0.15, -0.1) is 0 Å². The Labute approximate surface area is 103 Å². The van der Waals surface area contributed by atoms with Crippen LogP contribution in [0.15, 0.2) is 24.3 Å². The Morgan fingerprint density at radius 1 is 1.24 bits per heavy atom. The maximum Gasteiger partial charge on any atom is 0.123 e. The Kier molecular flexibility index (Phi) is 5.09. The number of benzene rings is 1. The molecule has 0 aliphatic rings. The molecule has 0 saturated carbocycles. The highest BCUT2D eigenvalue weighted by atomic mass is 19.1. The molecule has 2 N–H and O–H groups in total. The minimum Gasteiger partial charge on any atom is -0.376 e. The third-order valence-corrected chi connectivity index (χ3v) is 2.63. The molecule has 3 heteroatoms. The summed E-state index contributed by atoms with van der Waals surface area (Å²) in [4.78, 5) is 0. The van der Waals surface area contributed by atoms with E-state index in [0.717, 1.165) is 12.0 Å². The largest absolute Gasteiger partial charge is 0.376 e. The first-order chi connectivity index (χ1) is 7.92. The molecule has 0 aliphatic heterocycles. The molecule has 0 aliphatic carbocycles. The molecule has 17 heavy (non-hydrogen) atoms. The van der Waals surface area contributed by atoms with Crippen molar-refractivity contribution in [2.24, 2.45) is 5.73 Å². The molecule has 96 valence electrons. The van der Waals surface area contributed by atoms with Crippen molar-refractivity contribution in [3.05, 3.63) is 35.6 Å². The molecule has 0 spiro atoms. The van der Waals surface area contributed by atoms with E-state index in [1.54, 1.807) is 12.1 Å².